The fraction of sp³-hybridized carbons (Fsp3) is 0.641. The Bertz CT molecular complexity index is 1510. The van der Waals surface area contributed by atoms with Gasteiger partial charge in [0, 0.05) is 19.9 Å². The summed E-state index contributed by atoms with van der Waals surface area (Å²) in [6.45, 7) is 16.1. The number of aldehydes is 1. The number of hydrogen-bond donors (Lipinski definition) is 8. The van der Waals surface area contributed by atoms with Crippen molar-refractivity contribution in [3.8, 4) is 0 Å². The predicted molar refractivity (Wildman–Crippen MR) is 212 cm³/mol. The quantitative estimate of drug-likeness (QED) is 0.0341. The lowest BCUT2D eigenvalue weighted by atomic mass is 9.87. The molecule has 0 heterocycles. The molecule has 0 saturated carbocycles. The molecule has 10 N–H and O–H groups in total. The Morgan fingerprint density at radius 3 is 1.66 bits per heavy atom. The second kappa shape index (κ2) is 23.7. The minimum atomic E-state index is -1.13. The van der Waals surface area contributed by atoms with Crippen LogP contribution in [0.1, 0.15) is 100.0 Å². The molecule has 17 heteroatoms. The van der Waals surface area contributed by atoms with Gasteiger partial charge in [0.25, 0.3) is 0 Å². The zero-order valence-corrected chi connectivity index (χ0v) is 34.3. The third-order valence-electron chi connectivity index (χ3n) is 8.39. The Morgan fingerprint density at radius 1 is 0.714 bits per heavy atom. The van der Waals surface area contributed by atoms with E-state index in [-0.39, 0.29) is 56.4 Å². The standard InChI is InChI=1S/C39H64FN9O7/c1-22(2)17-29(34(53)44-24(5)33(52)46-28(21-50)11-10-16-43-38(41)42)48-37(56)32(20-39(7,8)9)49-35(54)30(18-23(3)4)47-36(55)31(45-25(6)51)19-26-12-14-27(40)15-13-26/h12-15,21-24,28-32H,10-11,16-20H2,1-9H3,(H,44,53)(H,45,51)(H,46,52)(H,47,55)(H,48,56)(H,49,54)(H4,41,42,43)/t24-,28-,29-,30-,31-,32-/m0/s1. The van der Waals surface area contributed by atoms with E-state index in [1.165, 1.54) is 38.1 Å². The minimum absolute atomic E-state index is 0.0364. The van der Waals surface area contributed by atoms with Gasteiger partial charge in [0.05, 0.1) is 6.04 Å². The van der Waals surface area contributed by atoms with Gasteiger partial charge in [0.15, 0.2) is 5.96 Å². The van der Waals surface area contributed by atoms with Crippen LogP contribution in [0.2, 0.25) is 0 Å². The molecule has 56 heavy (non-hydrogen) atoms. The summed E-state index contributed by atoms with van der Waals surface area (Å²) in [6.07, 6.45) is 1.88. The number of carbonyl (C=O) groups is 7. The van der Waals surface area contributed by atoms with Crippen LogP contribution in [-0.2, 0) is 40.0 Å². The van der Waals surface area contributed by atoms with Crippen molar-refractivity contribution in [2.24, 2.45) is 33.7 Å². The van der Waals surface area contributed by atoms with Crippen molar-refractivity contribution in [2.75, 3.05) is 6.54 Å². The Hall–Kier alpha value is -5.09. The van der Waals surface area contributed by atoms with Crippen molar-refractivity contribution in [1.82, 2.24) is 31.9 Å². The van der Waals surface area contributed by atoms with Crippen molar-refractivity contribution < 1.29 is 38.0 Å². The van der Waals surface area contributed by atoms with Gasteiger partial charge in [-0.1, -0.05) is 60.6 Å². The van der Waals surface area contributed by atoms with E-state index in [1.54, 1.807) is 0 Å². The van der Waals surface area contributed by atoms with Gasteiger partial charge in [-0.3, -0.25) is 33.8 Å². The molecule has 0 spiro atoms. The molecular weight excluding hydrogens is 725 g/mol. The largest absolute Gasteiger partial charge is 0.370 e. The Balaban J connectivity index is 3.20. The Labute approximate surface area is 330 Å². The predicted octanol–water partition coefficient (Wildman–Crippen LogP) is 1.10. The molecule has 0 saturated heterocycles. The molecule has 0 aliphatic rings. The van der Waals surface area contributed by atoms with Crippen LogP contribution < -0.4 is 43.4 Å². The summed E-state index contributed by atoms with van der Waals surface area (Å²) in [6, 6.07) is -0.811. The maximum atomic E-state index is 13.9. The summed E-state index contributed by atoms with van der Waals surface area (Å²) in [7, 11) is 0. The molecule has 0 aliphatic carbocycles. The van der Waals surface area contributed by atoms with Crippen molar-refractivity contribution >= 4 is 47.7 Å². The summed E-state index contributed by atoms with van der Waals surface area (Å²) in [5.41, 5.74) is 10.7. The number of nitrogens with one attached hydrogen (secondary N) is 6. The smallest absolute Gasteiger partial charge is 0.243 e. The maximum absolute atomic E-state index is 13.9. The second-order valence-electron chi connectivity index (χ2n) is 16.2. The van der Waals surface area contributed by atoms with Crippen molar-refractivity contribution in [2.45, 2.75) is 137 Å². The molecule has 6 amide bonds. The number of benzene rings is 1. The first-order valence-corrected chi connectivity index (χ1v) is 19.0. The molecule has 1 rings (SSSR count). The first kappa shape index (κ1) is 48.9. The number of carbonyl (C=O) groups excluding carboxylic acids is 7. The summed E-state index contributed by atoms with van der Waals surface area (Å²) in [5, 5.41) is 16.1. The van der Waals surface area contributed by atoms with Gasteiger partial charge in [0.1, 0.15) is 42.3 Å². The molecule has 0 unspecified atom stereocenters. The topological polar surface area (TPSA) is 256 Å². The number of guanidine groups is 1. The number of halogens is 1. The van der Waals surface area contributed by atoms with Gasteiger partial charge in [0.2, 0.25) is 35.4 Å². The molecule has 0 aliphatic heterocycles. The average Bonchev–Trinajstić information content (AvgIpc) is 3.07. The van der Waals surface area contributed by atoms with Crippen molar-refractivity contribution in [3.05, 3.63) is 35.6 Å². The van der Waals surface area contributed by atoms with Gasteiger partial charge in [-0.2, -0.15) is 0 Å². The molecule has 1 aromatic carbocycles. The summed E-state index contributed by atoms with van der Waals surface area (Å²) >= 11 is 0. The SMILES string of the molecule is CC(=O)N[C@@H](Cc1ccc(F)cc1)C(=O)N[C@@H](CC(C)C)C(=O)N[C@@H](CC(C)(C)C)C(=O)N[C@@H](CC(C)C)C(=O)N[C@@H](C)C(=O)N[C@H](C=O)CCCN=C(N)N. The van der Waals surface area contributed by atoms with Gasteiger partial charge >= 0.3 is 0 Å². The van der Waals surface area contributed by atoms with Crippen LogP contribution in [0.3, 0.4) is 0 Å². The van der Waals surface area contributed by atoms with Crippen LogP contribution in [0.25, 0.3) is 0 Å². The van der Waals surface area contributed by atoms with E-state index in [9.17, 15) is 38.0 Å². The van der Waals surface area contributed by atoms with Crippen LogP contribution in [0.4, 0.5) is 4.39 Å². The number of amides is 6. The van der Waals surface area contributed by atoms with Gasteiger partial charge < -0.3 is 48.2 Å². The van der Waals surface area contributed by atoms with E-state index >= 15 is 0 Å². The van der Waals surface area contributed by atoms with Crippen LogP contribution >= 0.6 is 0 Å². The molecule has 314 valence electrons. The maximum Gasteiger partial charge on any atom is 0.243 e. The van der Waals surface area contributed by atoms with Crippen molar-refractivity contribution in [1.29, 1.82) is 0 Å². The molecule has 16 nitrogen and oxygen atoms in total. The summed E-state index contributed by atoms with van der Waals surface area (Å²) in [4.78, 5) is 95.3. The first-order chi connectivity index (χ1) is 26.0. The highest BCUT2D eigenvalue weighted by molar-refractivity contribution is 5.96. The number of rotatable bonds is 23. The fourth-order valence-corrected chi connectivity index (χ4v) is 5.74. The molecule has 0 fully saturated rings. The second-order valence-corrected chi connectivity index (χ2v) is 16.2. The highest BCUT2D eigenvalue weighted by Gasteiger charge is 2.34. The van der Waals surface area contributed by atoms with Crippen molar-refractivity contribution in [3.63, 3.8) is 0 Å². The number of hydrogen-bond acceptors (Lipinski definition) is 8. The lowest BCUT2D eigenvalue weighted by Crippen LogP contribution is -2.60. The van der Waals surface area contributed by atoms with Crippen LogP contribution in [0, 0.1) is 23.1 Å². The lowest BCUT2D eigenvalue weighted by Gasteiger charge is -2.30. The third kappa shape index (κ3) is 20.0. The summed E-state index contributed by atoms with van der Waals surface area (Å²) in [5.74, 6) is -4.32. The van der Waals surface area contributed by atoms with Gasteiger partial charge in [-0.25, -0.2) is 4.39 Å². The van der Waals surface area contributed by atoms with Crippen LogP contribution in [-0.4, -0.2) is 90.5 Å². The molecule has 6 atom stereocenters. The minimum Gasteiger partial charge on any atom is -0.370 e. The zero-order valence-electron chi connectivity index (χ0n) is 34.3. The molecular formula is C39H64FN9O7. The highest BCUT2D eigenvalue weighted by Crippen LogP contribution is 2.22. The molecule has 0 bridgehead atoms. The number of nitrogens with two attached hydrogens (primary N) is 2. The first-order valence-electron chi connectivity index (χ1n) is 19.0. The number of aliphatic imine (C=N–C) groups is 1. The molecule has 0 aromatic heterocycles. The number of nitrogens with zero attached hydrogens (tertiary/aromatic N) is 1. The van der Waals surface area contributed by atoms with E-state index in [4.69, 9.17) is 11.5 Å². The third-order valence-corrected chi connectivity index (χ3v) is 8.39. The van der Waals surface area contributed by atoms with E-state index in [1.807, 2.05) is 48.5 Å². The van der Waals surface area contributed by atoms with E-state index in [2.05, 4.69) is 36.9 Å². The Kier molecular flexibility index (Phi) is 20.7. The van der Waals surface area contributed by atoms with Crippen LogP contribution in [0.5, 0.6) is 0 Å². The average molecular weight is 790 g/mol. The van der Waals surface area contributed by atoms with E-state index < -0.39 is 82.9 Å². The van der Waals surface area contributed by atoms with Gasteiger partial charge in [-0.15, -0.1) is 0 Å². The monoisotopic (exact) mass is 789 g/mol. The molecule has 1 aromatic rings. The molecule has 0 radical (unpaired) electrons. The van der Waals surface area contributed by atoms with E-state index in [0.29, 0.717) is 18.3 Å². The van der Waals surface area contributed by atoms with Gasteiger partial charge in [-0.05, 0) is 74.0 Å². The summed E-state index contributed by atoms with van der Waals surface area (Å²) < 4.78 is 13.5. The van der Waals surface area contributed by atoms with E-state index in [0.717, 1.165) is 0 Å². The fourth-order valence-electron chi connectivity index (χ4n) is 5.74. The Morgan fingerprint density at radius 2 is 1.20 bits per heavy atom. The van der Waals surface area contributed by atoms with Crippen LogP contribution in [0.15, 0.2) is 29.3 Å². The normalized spacial score (nSPS) is 14.6. The zero-order chi connectivity index (χ0) is 42.7. The highest BCUT2D eigenvalue weighted by atomic mass is 19.1. The lowest BCUT2D eigenvalue weighted by molar-refractivity contribution is -0.135.